The zero-order valence-corrected chi connectivity index (χ0v) is 12.2. The van der Waals surface area contributed by atoms with Gasteiger partial charge in [0.2, 0.25) is 0 Å². The van der Waals surface area contributed by atoms with Crippen molar-refractivity contribution in [1.82, 2.24) is 0 Å². The fourth-order valence-electron chi connectivity index (χ4n) is 2.44. The van der Waals surface area contributed by atoms with Crippen LogP contribution in [0.3, 0.4) is 0 Å². The van der Waals surface area contributed by atoms with Crippen LogP contribution in [0.5, 0.6) is 0 Å². The van der Waals surface area contributed by atoms with E-state index in [2.05, 4.69) is 26.0 Å². The Morgan fingerprint density at radius 1 is 0.895 bits per heavy atom. The van der Waals surface area contributed by atoms with Crippen LogP contribution in [-0.2, 0) is 19.4 Å². The first-order valence-electron chi connectivity index (χ1n) is 6.71. The standard InChI is InChI=1S/C17H19ClO/c1-3-12-9-15(10-13(4-2)17(12)11-19)14-5-7-16(18)8-6-14/h5-10,19H,3-4,11H2,1-2H3. The van der Waals surface area contributed by atoms with E-state index in [-0.39, 0.29) is 6.61 Å². The summed E-state index contributed by atoms with van der Waals surface area (Å²) in [5.74, 6) is 0. The Morgan fingerprint density at radius 2 is 1.42 bits per heavy atom. The second-order valence-corrected chi connectivity index (χ2v) is 5.08. The number of halogens is 1. The zero-order valence-electron chi connectivity index (χ0n) is 11.4. The van der Waals surface area contributed by atoms with Crippen molar-refractivity contribution in [1.29, 1.82) is 0 Å². The first-order chi connectivity index (χ1) is 9.19. The molecule has 0 saturated carbocycles. The monoisotopic (exact) mass is 274 g/mol. The summed E-state index contributed by atoms with van der Waals surface area (Å²) in [6, 6.07) is 12.2. The minimum Gasteiger partial charge on any atom is -0.392 e. The van der Waals surface area contributed by atoms with Gasteiger partial charge in [-0.05, 0) is 52.8 Å². The molecule has 0 amide bonds. The summed E-state index contributed by atoms with van der Waals surface area (Å²) < 4.78 is 0. The maximum atomic E-state index is 9.54. The molecular weight excluding hydrogens is 256 g/mol. The second-order valence-electron chi connectivity index (χ2n) is 4.65. The van der Waals surface area contributed by atoms with Crippen molar-refractivity contribution in [3.05, 3.63) is 58.1 Å². The minimum absolute atomic E-state index is 0.118. The Labute approximate surface area is 119 Å². The molecule has 0 unspecified atom stereocenters. The molecule has 2 heteroatoms. The van der Waals surface area contributed by atoms with Gasteiger partial charge in [-0.3, -0.25) is 0 Å². The Balaban J connectivity index is 2.55. The van der Waals surface area contributed by atoms with Crippen molar-refractivity contribution in [2.24, 2.45) is 0 Å². The smallest absolute Gasteiger partial charge is 0.0687 e. The van der Waals surface area contributed by atoms with Gasteiger partial charge in [0.1, 0.15) is 0 Å². The summed E-state index contributed by atoms with van der Waals surface area (Å²) in [5, 5.41) is 10.3. The van der Waals surface area contributed by atoms with Gasteiger partial charge in [0.15, 0.2) is 0 Å². The number of hydrogen-bond acceptors (Lipinski definition) is 1. The first-order valence-corrected chi connectivity index (χ1v) is 7.08. The molecular formula is C17H19ClO. The first kappa shape index (κ1) is 14.1. The SMILES string of the molecule is CCc1cc(-c2ccc(Cl)cc2)cc(CC)c1CO. The van der Waals surface area contributed by atoms with Gasteiger partial charge in [-0.15, -0.1) is 0 Å². The molecule has 19 heavy (non-hydrogen) atoms. The Morgan fingerprint density at radius 3 is 1.84 bits per heavy atom. The lowest BCUT2D eigenvalue weighted by Gasteiger charge is -2.14. The van der Waals surface area contributed by atoms with Gasteiger partial charge in [-0.25, -0.2) is 0 Å². The van der Waals surface area contributed by atoms with Crippen LogP contribution in [0.1, 0.15) is 30.5 Å². The topological polar surface area (TPSA) is 20.2 Å². The van der Waals surface area contributed by atoms with Crippen molar-refractivity contribution in [3.63, 3.8) is 0 Å². The maximum Gasteiger partial charge on any atom is 0.0687 e. The van der Waals surface area contributed by atoms with E-state index in [1.54, 1.807) is 0 Å². The quantitative estimate of drug-likeness (QED) is 0.862. The Bertz CT molecular complexity index is 533. The molecule has 2 rings (SSSR count). The molecule has 0 saturated heterocycles. The summed E-state index contributed by atoms with van der Waals surface area (Å²) in [7, 11) is 0. The van der Waals surface area contributed by atoms with Crippen molar-refractivity contribution >= 4 is 11.6 Å². The van der Waals surface area contributed by atoms with E-state index in [4.69, 9.17) is 11.6 Å². The molecule has 1 N–H and O–H groups in total. The van der Waals surface area contributed by atoms with Crippen LogP contribution in [0.15, 0.2) is 36.4 Å². The van der Waals surface area contributed by atoms with E-state index in [9.17, 15) is 5.11 Å². The average molecular weight is 275 g/mol. The maximum absolute atomic E-state index is 9.54. The fraction of sp³-hybridized carbons (Fsp3) is 0.294. The molecule has 0 bridgehead atoms. The zero-order chi connectivity index (χ0) is 13.8. The third kappa shape index (κ3) is 2.99. The molecule has 100 valence electrons. The van der Waals surface area contributed by atoms with Crippen LogP contribution in [0.2, 0.25) is 5.02 Å². The number of hydrogen-bond donors (Lipinski definition) is 1. The normalized spacial score (nSPS) is 10.7. The van der Waals surface area contributed by atoms with Gasteiger partial charge >= 0.3 is 0 Å². The van der Waals surface area contributed by atoms with Gasteiger partial charge < -0.3 is 5.11 Å². The number of aliphatic hydroxyl groups is 1. The van der Waals surface area contributed by atoms with Crippen molar-refractivity contribution < 1.29 is 5.11 Å². The molecule has 0 aromatic heterocycles. The van der Waals surface area contributed by atoms with Gasteiger partial charge in [0.25, 0.3) is 0 Å². The van der Waals surface area contributed by atoms with E-state index in [1.165, 1.54) is 22.3 Å². The Kier molecular flexibility index (Phi) is 4.62. The molecule has 0 aliphatic rings. The minimum atomic E-state index is 0.118. The van der Waals surface area contributed by atoms with E-state index >= 15 is 0 Å². The highest BCUT2D eigenvalue weighted by molar-refractivity contribution is 6.30. The lowest BCUT2D eigenvalue weighted by Crippen LogP contribution is -2.00. The van der Waals surface area contributed by atoms with Crippen LogP contribution in [-0.4, -0.2) is 5.11 Å². The molecule has 2 aromatic carbocycles. The number of rotatable bonds is 4. The molecule has 0 aliphatic heterocycles. The number of benzene rings is 2. The molecule has 0 aliphatic carbocycles. The third-order valence-corrected chi connectivity index (χ3v) is 3.78. The van der Waals surface area contributed by atoms with E-state index in [0.717, 1.165) is 23.4 Å². The third-order valence-electron chi connectivity index (χ3n) is 3.53. The Hall–Kier alpha value is -1.31. The largest absolute Gasteiger partial charge is 0.392 e. The molecule has 0 spiro atoms. The van der Waals surface area contributed by atoms with Gasteiger partial charge in [0, 0.05) is 5.02 Å². The second kappa shape index (κ2) is 6.23. The molecule has 0 radical (unpaired) electrons. The average Bonchev–Trinajstić information content (AvgIpc) is 2.46. The summed E-state index contributed by atoms with van der Waals surface area (Å²) in [6.45, 7) is 4.37. The highest BCUT2D eigenvalue weighted by Crippen LogP contribution is 2.27. The number of aliphatic hydroxyl groups excluding tert-OH is 1. The van der Waals surface area contributed by atoms with Crippen molar-refractivity contribution in [3.8, 4) is 11.1 Å². The van der Waals surface area contributed by atoms with Crippen molar-refractivity contribution in [2.45, 2.75) is 33.3 Å². The van der Waals surface area contributed by atoms with Crippen LogP contribution < -0.4 is 0 Å². The van der Waals surface area contributed by atoms with E-state index in [0.29, 0.717) is 0 Å². The summed E-state index contributed by atoms with van der Waals surface area (Å²) in [6.07, 6.45) is 1.87. The van der Waals surface area contributed by atoms with Gasteiger partial charge in [-0.1, -0.05) is 49.7 Å². The molecule has 2 aromatic rings. The van der Waals surface area contributed by atoms with Crippen molar-refractivity contribution in [2.75, 3.05) is 0 Å². The number of aryl methyl sites for hydroxylation is 2. The highest BCUT2D eigenvalue weighted by Gasteiger charge is 2.09. The highest BCUT2D eigenvalue weighted by atomic mass is 35.5. The molecule has 0 heterocycles. The summed E-state index contributed by atoms with van der Waals surface area (Å²) >= 11 is 5.93. The predicted molar refractivity (Wildman–Crippen MR) is 81.6 cm³/mol. The summed E-state index contributed by atoms with van der Waals surface area (Å²) in [5.41, 5.74) is 5.90. The molecule has 0 atom stereocenters. The van der Waals surface area contributed by atoms with Gasteiger partial charge in [-0.2, -0.15) is 0 Å². The summed E-state index contributed by atoms with van der Waals surface area (Å²) in [4.78, 5) is 0. The van der Waals surface area contributed by atoms with Crippen LogP contribution >= 0.6 is 11.6 Å². The lowest BCUT2D eigenvalue weighted by molar-refractivity contribution is 0.279. The predicted octanol–water partition coefficient (Wildman–Crippen LogP) is 4.62. The van der Waals surface area contributed by atoms with E-state index in [1.807, 2.05) is 24.3 Å². The fourth-order valence-corrected chi connectivity index (χ4v) is 2.57. The van der Waals surface area contributed by atoms with Crippen LogP contribution in [0.4, 0.5) is 0 Å². The van der Waals surface area contributed by atoms with Crippen LogP contribution in [0.25, 0.3) is 11.1 Å². The molecule has 0 fully saturated rings. The van der Waals surface area contributed by atoms with E-state index < -0.39 is 0 Å². The lowest BCUT2D eigenvalue weighted by atomic mass is 9.92. The molecule has 1 nitrogen and oxygen atoms in total. The van der Waals surface area contributed by atoms with Gasteiger partial charge in [0.05, 0.1) is 6.61 Å². The van der Waals surface area contributed by atoms with Crippen LogP contribution in [0, 0.1) is 0 Å².